The van der Waals surface area contributed by atoms with Gasteiger partial charge < -0.3 is 54.3 Å². The van der Waals surface area contributed by atoms with E-state index in [1.807, 2.05) is 6.92 Å². The summed E-state index contributed by atoms with van der Waals surface area (Å²) >= 11 is 0. The van der Waals surface area contributed by atoms with Crippen LogP contribution in [-0.2, 0) is 23.7 Å². The van der Waals surface area contributed by atoms with Crippen molar-refractivity contribution in [3.05, 3.63) is 0 Å². The van der Waals surface area contributed by atoms with Crippen molar-refractivity contribution in [1.29, 1.82) is 0 Å². The van der Waals surface area contributed by atoms with Gasteiger partial charge in [-0.15, -0.1) is 0 Å². The van der Waals surface area contributed by atoms with E-state index < -0.39 is 62.4 Å². The van der Waals surface area contributed by atoms with Crippen molar-refractivity contribution in [2.75, 3.05) is 19.8 Å². The van der Waals surface area contributed by atoms with Gasteiger partial charge in [0, 0.05) is 19.3 Å². The Balaban J connectivity index is 1.57. The van der Waals surface area contributed by atoms with E-state index in [2.05, 4.69) is 0 Å². The number of hydrogen-bond donors (Lipinski definition) is 6. The van der Waals surface area contributed by atoms with Gasteiger partial charge in [0.25, 0.3) is 0 Å². The molecule has 0 aromatic carbocycles. The zero-order valence-electron chi connectivity index (χ0n) is 17.7. The standard InChI is InChI=1S/C20H36O11/c1-2-10-3-11(4-12(7-21)27-10)28-17-6-14(25)20(16(9-23)30-17)31-18-5-13(24)19(26)15(8-22)29-18/h10-26H,2-9H2,1H3/t10-,11+,12-,13+,14+,15+,16+,17+,18-,19-,20-/m0/s1. The third-order valence-electron chi connectivity index (χ3n) is 6.15. The van der Waals surface area contributed by atoms with Crippen LogP contribution in [0, 0.1) is 0 Å². The number of ether oxygens (including phenoxy) is 5. The molecule has 0 radical (unpaired) electrons. The first-order valence-electron chi connectivity index (χ1n) is 11.0. The van der Waals surface area contributed by atoms with Crippen LogP contribution in [0.25, 0.3) is 0 Å². The summed E-state index contributed by atoms with van der Waals surface area (Å²) in [5, 5.41) is 59.0. The molecule has 0 aromatic rings. The Labute approximate surface area is 181 Å². The molecular formula is C20H36O11. The van der Waals surface area contributed by atoms with Gasteiger partial charge in [-0.25, -0.2) is 0 Å². The van der Waals surface area contributed by atoms with E-state index in [0.29, 0.717) is 12.8 Å². The minimum atomic E-state index is -1.24. The summed E-state index contributed by atoms with van der Waals surface area (Å²) in [6, 6.07) is 0. The highest BCUT2D eigenvalue weighted by molar-refractivity contribution is 4.88. The summed E-state index contributed by atoms with van der Waals surface area (Å²) in [7, 11) is 0. The van der Waals surface area contributed by atoms with E-state index in [1.165, 1.54) is 0 Å². The van der Waals surface area contributed by atoms with E-state index in [0.717, 1.165) is 6.42 Å². The third-order valence-corrected chi connectivity index (χ3v) is 6.15. The van der Waals surface area contributed by atoms with Crippen molar-refractivity contribution in [3.8, 4) is 0 Å². The van der Waals surface area contributed by atoms with E-state index in [1.54, 1.807) is 0 Å². The molecule has 31 heavy (non-hydrogen) atoms. The van der Waals surface area contributed by atoms with Crippen LogP contribution in [0.2, 0.25) is 0 Å². The van der Waals surface area contributed by atoms with Gasteiger partial charge in [0.15, 0.2) is 12.6 Å². The molecule has 11 nitrogen and oxygen atoms in total. The lowest BCUT2D eigenvalue weighted by Gasteiger charge is -2.44. The van der Waals surface area contributed by atoms with Crippen LogP contribution in [0.5, 0.6) is 0 Å². The zero-order chi connectivity index (χ0) is 22.5. The minimum Gasteiger partial charge on any atom is -0.394 e. The van der Waals surface area contributed by atoms with Crippen molar-refractivity contribution >= 4 is 0 Å². The van der Waals surface area contributed by atoms with E-state index >= 15 is 0 Å². The Kier molecular flexibility index (Phi) is 9.44. The van der Waals surface area contributed by atoms with Crippen molar-refractivity contribution in [1.82, 2.24) is 0 Å². The molecule has 3 aliphatic heterocycles. The lowest BCUT2D eigenvalue weighted by molar-refractivity contribution is -0.327. The van der Waals surface area contributed by atoms with Crippen molar-refractivity contribution in [2.45, 2.75) is 107 Å². The van der Waals surface area contributed by atoms with E-state index in [9.17, 15) is 30.6 Å². The highest BCUT2D eigenvalue weighted by Gasteiger charge is 2.44. The summed E-state index contributed by atoms with van der Waals surface area (Å²) < 4.78 is 28.8. The topological polar surface area (TPSA) is 168 Å². The van der Waals surface area contributed by atoms with Gasteiger partial charge in [-0.1, -0.05) is 6.92 Å². The van der Waals surface area contributed by atoms with Crippen LogP contribution >= 0.6 is 0 Å². The fourth-order valence-corrected chi connectivity index (χ4v) is 4.42. The molecule has 3 aliphatic rings. The molecule has 0 bridgehead atoms. The molecule has 0 aromatic heterocycles. The summed E-state index contributed by atoms with van der Waals surface area (Å²) in [5.41, 5.74) is 0. The Morgan fingerprint density at radius 3 is 1.97 bits per heavy atom. The summed E-state index contributed by atoms with van der Waals surface area (Å²) in [4.78, 5) is 0. The zero-order valence-corrected chi connectivity index (χ0v) is 17.7. The fraction of sp³-hybridized carbons (Fsp3) is 1.00. The maximum Gasteiger partial charge on any atom is 0.161 e. The van der Waals surface area contributed by atoms with Gasteiger partial charge in [-0.3, -0.25) is 0 Å². The molecule has 11 heteroatoms. The summed E-state index contributed by atoms with van der Waals surface area (Å²) in [6.45, 7) is 0.959. The summed E-state index contributed by atoms with van der Waals surface area (Å²) in [5.74, 6) is 0. The Hall–Kier alpha value is -0.440. The van der Waals surface area contributed by atoms with Crippen LogP contribution in [0.4, 0.5) is 0 Å². The second-order valence-electron chi connectivity index (χ2n) is 8.47. The quantitative estimate of drug-likeness (QED) is 0.241. The average molecular weight is 452 g/mol. The van der Waals surface area contributed by atoms with Crippen LogP contribution in [0.3, 0.4) is 0 Å². The third kappa shape index (κ3) is 6.33. The van der Waals surface area contributed by atoms with Crippen molar-refractivity contribution < 1.29 is 54.3 Å². The molecule has 3 heterocycles. The van der Waals surface area contributed by atoms with Crippen LogP contribution in [0.15, 0.2) is 0 Å². The highest BCUT2D eigenvalue weighted by atomic mass is 16.7. The van der Waals surface area contributed by atoms with Gasteiger partial charge in [-0.05, 0) is 12.8 Å². The van der Waals surface area contributed by atoms with Crippen molar-refractivity contribution in [2.24, 2.45) is 0 Å². The molecule has 0 spiro atoms. The molecule has 3 saturated heterocycles. The lowest BCUT2D eigenvalue weighted by Crippen LogP contribution is -2.57. The predicted octanol–water partition coefficient (Wildman–Crippen LogP) is -2.00. The van der Waals surface area contributed by atoms with E-state index in [-0.39, 0.29) is 37.8 Å². The molecule has 6 N–H and O–H groups in total. The van der Waals surface area contributed by atoms with Gasteiger partial charge in [0.2, 0.25) is 0 Å². The molecule has 3 fully saturated rings. The Morgan fingerprint density at radius 1 is 0.710 bits per heavy atom. The first-order valence-corrected chi connectivity index (χ1v) is 11.0. The minimum absolute atomic E-state index is 0.0289. The highest BCUT2D eigenvalue weighted by Crippen LogP contribution is 2.31. The molecule has 0 saturated carbocycles. The number of aliphatic hydroxyl groups is 6. The molecular weight excluding hydrogens is 416 g/mol. The first kappa shape index (κ1) is 25.2. The van der Waals surface area contributed by atoms with E-state index in [4.69, 9.17) is 23.7 Å². The van der Waals surface area contributed by atoms with Gasteiger partial charge in [-0.2, -0.15) is 0 Å². The van der Waals surface area contributed by atoms with Crippen LogP contribution in [0.1, 0.15) is 39.0 Å². The molecule has 182 valence electrons. The van der Waals surface area contributed by atoms with Crippen LogP contribution < -0.4 is 0 Å². The predicted molar refractivity (Wildman–Crippen MR) is 104 cm³/mol. The molecule has 0 aliphatic carbocycles. The van der Waals surface area contributed by atoms with Crippen LogP contribution in [-0.4, -0.2) is 118 Å². The molecule has 11 atom stereocenters. The van der Waals surface area contributed by atoms with Crippen molar-refractivity contribution in [3.63, 3.8) is 0 Å². The first-order chi connectivity index (χ1) is 14.9. The second-order valence-corrected chi connectivity index (χ2v) is 8.47. The molecule has 0 amide bonds. The monoisotopic (exact) mass is 452 g/mol. The average Bonchev–Trinajstić information content (AvgIpc) is 2.77. The molecule has 3 rings (SSSR count). The SMILES string of the molecule is CC[C@H]1C[C@@H](O[C@H]2C[C@@H](O)[C@H](O[C@H]3C[C@@H](O)[C@H](O)[C@@H](CO)O3)[C@@H](CO)O2)C[C@@H](CO)O1. The normalized spacial score (nSPS) is 46.7. The van der Waals surface area contributed by atoms with Gasteiger partial charge in [0.1, 0.15) is 24.4 Å². The summed E-state index contributed by atoms with van der Waals surface area (Å²) in [6.07, 6.45) is -6.62. The fourth-order valence-electron chi connectivity index (χ4n) is 4.42. The second kappa shape index (κ2) is 11.6. The largest absolute Gasteiger partial charge is 0.394 e. The number of hydrogen-bond acceptors (Lipinski definition) is 11. The maximum absolute atomic E-state index is 10.7. The maximum atomic E-state index is 10.7. The molecule has 0 unspecified atom stereocenters. The Morgan fingerprint density at radius 2 is 1.32 bits per heavy atom. The Bertz CT molecular complexity index is 525. The number of rotatable bonds is 8. The lowest BCUT2D eigenvalue weighted by atomic mass is 9.98. The number of aliphatic hydroxyl groups excluding tert-OH is 6. The van der Waals surface area contributed by atoms with Gasteiger partial charge >= 0.3 is 0 Å². The van der Waals surface area contributed by atoms with Gasteiger partial charge in [0.05, 0.1) is 50.3 Å². The smallest absolute Gasteiger partial charge is 0.161 e.